The van der Waals surface area contributed by atoms with Crippen molar-refractivity contribution in [3.63, 3.8) is 0 Å². The van der Waals surface area contributed by atoms with E-state index in [0.29, 0.717) is 6.04 Å². The second kappa shape index (κ2) is 3.94. The Morgan fingerprint density at radius 1 is 1.62 bits per heavy atom. The lowest BCUT2D eigenvalue weighted by Gasteiger charge is -2.30. The van der Waals surface area contributed by atoms with Gasteiger partial charge in [0.2, 0.25) is 0 Å². The van der Waals surface area contributed by atoms with Gasteiger partial charge in [0.25, 0.3) is 0 Å². The smallest absolute Gasteiger partial charge is 0.0236 e. The standard InChI is InChI=1S/C10H17N3/c1-13-5-4-12-10(8-13)6-9-2-3-11-7-9/h2-3,7,10-12H,4-6,8H2,1H3. The molecule has 1 aromatic rings. The number of H-pyrrole nitrogens is 1. The van der Waals surface area contributed by atoms with Crippen LogP contribution in [-0.2, 0) is 6.42 Å². The fraction of sp³-hybridized carbons (Fsp3) is 0.600. The van der Waals surface area contributed by atoms with E-state index in [1.165, 1.54) is 12.1 Å². The summed E-state index contributed by atoms with van der Waals surface area (Å²) < 4.78 is 0. The van der Waals surface area contributed by atoms with Crippen molar-refractivity contribution in [2.75, 3.05) is 26.7 Å². The van der Waals surface area contributed by atoms with Crippen LogP contribution in [0.15, 0.2) is 18.5 Å². The lowest BCUT2D eigenvalue weighted by molar-refractivity contribution is 0.238. The third-order valence-corrected chi connectivity index (χ3v) is 2.60. The highest BCUT2D eigenvalue weighted by atomic mass is 15.2. The van der Waals surface area contributed by atoms with E-state index in [0.717, 1.165) is 19.5 Å². The molecule has 1 unspecified atom stereocenters. The first-order valence-electron chi connectivity index (χ1n) is 4.88. The van der Waals surface area contributed by atoms with Crippen LogP contribution < -0.4 is 5.32 Å². The fourth-order valence-electron chi connectivity index (χ4n) is 1.90. The summed E-state index contributed by atoms with van der Waals surface area (Å²) >= 11 is 0. The van der Waals surface area contributed by atoms with Crippen LogP contribution in [0.25, 0.3) is 0 Å². The Hall–Kier alpha value is -0.800. The van der Waals surface area contributed by atoms with Gasteiger partial charge in [0.05, 0.1) is 0 Å². The molecule has 1 aromatic heterocycles. The highest BCUT2D eigenvalue weighted by Crippen LogP contribution is 2.05. The van der Waals surface area contributed by atoms with Crippen molar-refractivity contribution in [2.24, 2.45) is 0 Å². The molecule has 1 atom stereocenters. The van der Waals surface area contributed by atoms with Crippen molar-refractivity contribution in [3.05, 3.63) is 24.0 Å². The summed E-state index contributed by atoms with van der Waals surface area (Å²) in [6, 6.07) is 2.77. The number of likely N-dealkylation sites (N-methyl/N-ethyl adjacent to an activating group) is 1. The molecule has 3 nitrogen and oxygen atoms in total. The second-order valence-electron chi connectivity index (χ2n) is 3.84. The summed E-state index contributed by atoms with van der Waals surface area (Å²) in [6.45, 7) is 3.44. The number of hydrogen-bond acceptors (Lipinski definition) is 2. The van der Waals surface area contributed by atoms with E-state index in [1.807, 2.05) is 6.20 Å². The number of nitrogens with zero attached hydrogens (tertiary/aromatic N) is 1. The van der Waals surface area contributed by atoms with Gasteiger partial charge in [0.15, 0.2) is 0 Å². The lowest BCUT2D eigenvalue weighted by atomic mass is 10.1. The predicted molar refractivity (Wildman–Crippen MR) is 53.8 cm³/mol. The summed E-state index contributed by atoms with van der Waals surface area (Å²) in [5.74, 6) is 0. The molecule has 2 rings (SSSR count). The van der Waals surface area contributed by atoms with E-state index >= 15 is 0 Å². The highest BCUT2D eigenvalue weighted by Gasteiger charge is 2.16. The lowest BCUT2D eigenvalue weighted by Crippen LogP contribution is -2.49. The Bertz CT molecular complexity index is 243. The first-order valence-corrected chi connectivity index (χ1v) is 4.88. The first kappa shape index (κ1) is 8.78. The molecule has 0 saturated carbocycles. The second-order valence-corrected chi connectivity index (χ2v) is 3.84. The molecule has 1 aliphatic rings. The minimum atomic E-state index is 0.620. The van der Waals surface area contributed by atoms with Gasteiger partial charge in [-0.3, -0.25) is 0 Å². The van der Waals surface area contributed by atoms with E-state index < -0.39 is 0 Å². The van der Waals surface area contributed by atoms with E-state index in [2.05, 4.69) is 34.5 Å². The minimum absolute atomic E-state index is 0.620. The van der Waals surface area contributed by atoms with Crippen LogP contribution in [0, 0.1) is 0 Å². The Morgan fingerprint density at radius 2 is 2.54 bits per heavy atom. The Labute approximate surface area is 79.1 Å². The first-order chi connectivity index (χ1) is 6.34. The van der Waals surface area contributed by atoms with Crippen molar-refractivity contribution in [3.8, 4) is 0 Å². The van der Waals surface area contributed by atoms with Gasteiger partial charge in [-0.05, 0) is 25.1 Å². The quantitative estimate of drug-likeness (QED) is 0.691. The van der Waals surface area contributed by atoms with Gasteiger partial charge < -0.3 is 15.2 Å². The molecular formula is C10H17N3. The molecule has 0 aliphatic carbocycles. The average Bonchev–Trinajstić information content (AvgIpc) is 2.57. The Morgan fingerprint density at radius 3 is 3.23 bits per heavy atom. The van der Waals surface area contributed by atoms with Gasteiger partial charge in [-0.1, -0.05) is 0 Å². The van der Waals surface area contributed by atoms with Crippen LogP contribution in [0.3, 0.4) is 0 Å². The van der Waals surface area contributed by atoms with Crippen LogP contribution in [0.2, 0.25) is 0 Å². The van der Waals surface area contributed by atoms with E-state index in [9.17, 15) is 0 Å². The maximum Gasteiger partial charge on any atom is 0.0236 e. The Kier molecular flexibility index (Phi) is 2.66. The molecule has 2 N–H and O–H groups in total. The van der Waals surface area contributed by atoms with E-state index in [4.69, 9.17) is 0 Å². The molecule has 0 bridgehead atoms. The summed E-state index contributed by atoms with van der Waals surface area (Å²) in [7, 11) is 2.19. The molecule has 2 heterocycles. The molecule has 0 aromatic carbocycles. The fourth-order valence-corrected chi connectivity index (χ4v) is 1.90. The van der Waals surface area contributed by atoms with E-state index in [1.54, 1.807) is 0 Å². The van der Waals surface area contributed by atoms with Crippen molar-refractivity contribution in [2.45, 2.75) is 12.5 Å². The molecule has 13 heavy (non-hydrogen) atoms. The summed E-state index contributed by atoms with van der Waals surface area (Å²) in [5, 5.41) is 3.53. The average molecular weight is 179 g/mol. The predicted octanol–water partition coefficient (Wildman–Crippen LogP) is 0.461. The van der Waals surface area contributed by atoms with Crippen molar-refractivity contribution in [1.29, 1.82) is 0 Å². The molecule has 72 valence electrons. The zero-order valence-corrected chi connectivity index (χ0v) is 8.09. The zero-order chi connectivity index (χ0) is 9.10. The monoisotopic (exact) mass is 179 g/mol. The topological polar surface area (TPSA) is 31.1 Å². The van der Waals surface area contributed by atoms with Crippen LogP contribution in [0.5, 0.6) is 0 Å². The van der Waals surface area contributed by atoms with Crippen molar-refractivity contribution >= 4 is 0 Å². The molecular weight excluding hydrogens is 162 g/mol. The molecule has 0 spiro atoms. The molecule has 1 aliphatic heterocycles. The molecule has 1 fully saturated rings. The third kappa shape index (κ3) is 2.32. The van der Waals surface area contributed by atoms with Gasteiger partial charge in [-0.25, -0.2) is 0 Å². The van der Waals surface area contributed by atoms with Crippen LogP contribution in [0.4, 0.5) is 0 Å². The van der Waals surface area contributed by atoms with Crippen LogP contribution in [-0.4, -0.2) is 42.6 Å². The summed E-state index contributed by atoms with van der Waals surface area (Å²) in [5.41, 5.74) is 1.40. The van der Waals surface area contributed by atoms with Gasteiger partial charge in [-0.15, -0.1) is 0 Å². The molecule has 0 radical (unpaired) electrons. The van der Waals surface area contributed by atoms with Gasteiger partial charge in [-0.2, -0.15) is 0 Å². The third-order valence-electron chi connectivity index (χ3n) is 2.60. The van der Waals surface area contributed by atoms with Crippen LogP contribution in [0.1, 0.15) is 5.56 Å². The number of aromatic nitrogens is 1. The largest absolute Gasteiger partial charge is 0.367 e. The number of piperazine rings is 1. The molecule has 3 heteroatoms. The normalized spacial score (nSPS) is 24.8. The molecule has 0 amide bonds. The Balaban J connectivity index is 1.87. The minimum Gasteiger partial charge on any atom is -0.367 e. The summed E-state index contributed by atoms with van der Waals surface area (Å²) in [4.78, 5) is 5.47. The van der Waals surface area contributed by atoms with Gasteiger partial charge in [0, 0.05) is 38.1 Å². The van der Waals surface area contributed by atoms with Crippen molar-refractivity contribution < 1.29 is 0 Å². The van der Waals surface area contributed by atoms with E-state index in [-0.39, 0.29) is 0 Å². The zero-order valence-electron chi connectivity index (χ0n) is 8.09. The van der Waals surface area contributed by atoms with Gasteiger partial charge >= 0.3 is 0 Å². The maximum atomic E-state index is 3.53. The van der Waals surface area contributed by atoms with Crippen LogP contribution >= 0.6 is 0 Å². The SMILES string of the molecule is CN1CCNC(Cc2cc[nH]c2)C1. The summed E-state index contributed by atoms with van der Waals surface area (Å²) in [6.07, 6.45) is 5.20. The van der Waals surface area contributed by atoms with Gasteiger partial charge in [0.1, 0.15) is 0 Å². The maximum absolute atomic E-state index is 3.53. The van der Waals surface area contributed by atoms with Crippen molar-refractivity contribution in [1.82, 2.24) is 15.2 Å². The number of hydrogen-bond donors (Lipinski definition) is 2. The number of aromatic amines is 1. The number of nitrogens with one attached hydrogen (secondary N) is 2. The highest BCUT2D eigenvalue weighted by molar-refractivity contribution is 5.10. The number of rotatable bonds is 2. The molecule has 1 saturated heterocycles.